The average Bonchev–Trinajstić information content (AvgIpc) is 2.47. The van der Waals surface area contributed by atoms with E-state index >= 15 is 0 Å². The van der Waals surface area contributed by atoms with Crippen LogP contribution >= 0.6 is 47.4 Å². The summed E-state index contributed by atoms with van der Waals surface area (Å²) in [5, 5.41) is 5.45. The van der Waals surface area contributed by atoms with Crippen LogP contribution in [0.2, 0.25) is 15.1 Å². The Labute approximate surface area is 153 Å². The highest BCUT2D eigenvalue weighted by atomic mass is 35.5. The highest BCUT2D eigenvalue weighted by Crippen LogP contribution is 2.24. The van der Waals surface area contributed by atoms with Gasteiger partial charge in [0.1, 0.15) is 0 Å². The van der Waals surface area contributed by atoms with Crippen LogP contribution in [0.25, 0.3) is 0 Å². The number of halogens is 3. The number of anilines is 1. The van der Waals surface area contributed by atoms with Gasteiger partial charge < -0.3 is 5.32 Å². The normalized spacial score (nSPS) is 10.3. The SMILES string of the molecule is O=C(NC(=O)c1c(Cl)cccc1Cl)Nc1ccc(CS)c(Cl)c1. The van der Waals surface area contributed by atoms with E-state index in [1.165, 1.54) is 12.1 Å². The van der Waals surface area contributed by atoms with Gasteiger partial charge in [0.25, 0.3) is 5.91 Å². The van der Waals surface area contributed by atoms with Crippen LogP contribution in [-0.4, -0.2) is 11.9 Å². The zero-order valence-electron chi connectivity index (χ0n) is 11.6. The van der Waals surface area contributed by atoms with Crippen molar-refractivity contribution in [3.8, 4) is 0 Å². The highest BCUT2D eigenvalue weighted by Gasteiger charge is 2.17. The van der Waals surface area contributed by atoms with E-state index in [1.807, 2.05) is 0 Å². The molecule has 2 N–H and O–H groups in total. The minimum Gasteiger partial charge on any atom is -0.308 e. The standard InChI is InChI=1S/C15H11Cl3N2O2S/c16-10-2-1-3-11(17)13(10)14(21)20-15(22)19-9-5-4-8(7-23)12(18)6-9/h1-6,23H,7H2,(H2,19,20,21,22). The van der Waals surface area contributed by atoms with E-state index in [1.54, 1.807) is 24.3 Å². The lowest BCUT2D eigenvalue weighted by molar-refractivity contribution is 0.0967. The van der Waals surface area contributed by atoms with Crippen molar-refractivity contribution < 1.29 is 9.59 Å². The van der Waals surface area contributed by atoms with Gasteiger partial charge in [-0.1, -0.05) is 46.9 Å². The Morgan fingerprint density at radius 3 is 2.22 bits per heavy atom. The predicted molar refractivity (Wildman–Crippen MR) is 97.1 cm³/mol. The van der Waals surface area contributed by atoms with Crippen molar-refractivity contribution in [2.45, 2.75) is 5.75 Å². The number of rotatable bonds is 3. The van der Waals surface area contributed by atoms with Gasteiger partial charge in [0.05, 0.1) is 15.6 Å². The molecule has 0 fully saturated rings. The second-order valence-electron chi connectivity index (χ2n) is 4.47. The maximum Gasteiger partial charge on any atom is 0.326 e. The fourth-order valence-electron chi connectivity index (χ4n) is 1.80. The lowest BCUT2D eigenvalue weighted by Crippen LogP contribution is -2.34. The summed E-state index contributed by atoms with van der Waals surface area (Å²) in [5.41, 5.74) is 1.31. The van der Waals surface area contributed by atoms with Gasteiger partial charge in [-0.05, 0) is 29.8 Å². The molecule has 0 atom stereocenters. The Balaban J connectivity index is 2.08. The van der Waals surface area contributed by atoms with Crippen LogP contribution in [0.5, 0.6) is 0 Å². The number of thiol groups is 1. The highest BCUT2D eigenvalue weighted by molar-refractivity contribution is 7.79. The number of urea groups is 1. The molecule has 0 aliphatic rings. The van der Waals surface area contributed by atoms with Crippen molar-refractivity contribution in [1.82, 2.24) is 5.32 Å². The Bertz CT molecular complexity index is 748. The van der Waals surface area contributed by atoms with Crippen LogP contribution in [0, 0.1) is 0 Å². The zero-order chi connectivity index (χ0) is 17.0. The third-order valence-electron chi connectivity index (χ3n) is 2.90. The minimum absolute atomic E-state index is 0.0365. The van der Waals surface area contributed by atoms with Crippen LogP contribution in [0.1, 0.15) is 15.9 Å². The first-order valence-corrected chi connectivity index (χ1v) is 8.14. The Hall–Kier alpha value is -1.40. The van der Waals surface area contributed by atoms with E-state index < -0.39 is 11.9 Å². The van der Waals surface area contributed by atoms with Crippen molar-refractivity contribution in [2.75, 3.05) is 5.32 Å². The zero-order valence-corrected chi connectivity index (χ0v) is 14.7. The third kappa shape index (κ3) is 4.54. The molecule has 3 amide bonds. The lowest BCUT2D eigenvalue weighted by Gasteiger charge is -2.10. The molecule has 0 spiro atoms. The molecule has 4 nitrogen and oxygen atoms in total. The molecule has 0 radical (unpaired) electrons. The number of amides is 3. The van der Waals surface area contributed by atoms with E-state index in [-0.39, 0.29) is 15.6 Å². The molecule has 0 bridgehead atoms. The van der Waals surface area contributed by atoms with Gasteiger partial charge >= 0.3 is 6.03 Å². The first kappa shape index (κ1) is 17.9. The summed E-state index contributed by atoms with van der Waals surface area (Å²) in [4.78, 5) is 24.0. The molecule has 2 aromatic rings. The van der Waals surface area contributed by atoms with Gasteiger partial charge in [-0.3, -0.25) is 10.1 Å². The topological polar surface area (TPSA) is 58.2 Å². The van der Waals surface area contributed by atoms with E-state index in [0.717, 1.165) is 5.56 Å². The van der Waals surface area contributed by atoms with Gasteiger partial charge in [0.2, 0.25) is 0 Å². The van der Waals surface area contributed by atoms with Gasteiger partial charge in [-0.2, -0.15) is 12.6 Å². The number of benzene rings is 2. The van der Waals surface area contributed by atoms with Crippen molar-refractivity contribution in [3.05, 3.63) is 62.6 Å². The summed E-state index contributed by atoms with van der Waals surface area (Å²) < 4.78 is 0. The molecule has 0 unspecified atom stereocenters. The molecular formula is C15H11Cl3N2O2S. The summed E-state index contributed by atoms with van der Waals surface area (Å²) >= 11 is 22.0. The fourth-order valence-corrected chi connectivity index (χ4v) is 2.98. The van der Waals surface area contributed by atoms with E-state index in [4.69, 9.17) is 34.8 Å². The van der Waals surface area contributed by atoms with Crippen LogP contribution < -0.4 is 10.6 Å². The molecule has 23 heavy (non-hydrogen) atoms. The maximum atomic E-state index is 12.1. The van der Waals surface area contributed by atoms with Crippen molar-refractivity contribution in [2.24, 2.45) is 0 Å². The molecule has 8 heteroatoms. The van der Waals surface area contributed by atoms with Crippen molar-refractivity contribution >= 4 is 65.1 Å². The first-order valence-electron chi connectivity index (χ1n) is 6.38. The van der Waals surface area contributed by atoms with Gasteiger partial charge in [-0.25, -0.2) is 4.79 Å². The lowest BCUT2D eigenvalue weighted by atomic mass is 10.2. The average molecular weight is 390 g/mol. The fraction of sp³-hybridized carbons (Fsp3) is 0.0667. The molecule has 0 aromatic heterocycles. The number of nitrogens with one attached hydrogen (secondary N) is 2. The van der Waals surface area contributed by atoms with Crippen LogP contribution in [-0.2, 0) is 5.75 Å². The van der Waals surface area contributed by atoms with E-state index in [2.05, 4.69) is 23.3 Å². The second-order valence-corrected chi connectivity index (χ2v) is 6.01. The van der Waals surface area contributed by atoms with Gasteiger partial charge in [-0.15, -0.1) is 0 Å². The van der Waals surface area contributed by atoms with Crippen LogP contribution in [0.15, 0.2) is 36.4 Å². The van der Waals surface area contributed by atoms with Crippen molar-refractivity contribution in [3.63, 3.8) is 0 Å². The molecule has 0 aliphatic heterocycles. The monoisotopic (exact) mass is 388 g/mol. The first-order chi connectivity index (χ1) is 10.9. The summed E-state index contributed by atoms with van der Waals surface area (Å²) in [6.45, 7) is 0. The minimum atomic E-state index is -0.722. The Morgan fingerprint density at radius 2 is 1.65 bits per heavy atom. The summed E-state index contributed by atoms with van der Waals surface area (Å²) in [6.07, 6.45) is 0. The van der Waals surface area contributed by atoms with Crippen molar-refractivity contribution in [1.29, 1.82) is 0 Å². The molecule has 2 aromatic carbocycles. The van der Waals surface area contributed by atoms with Gasteiger partial charge in [0.15, 0.2) is 0 Å². The molecule has 0 aliphatic carbocycles. The second kappa shape index (κ2) is 7.93. The maximum absolute atomic E-state index is 12.1. The van der Waals surface area contributed by atoms with Gasteiger partial charge in [0, 0.05) is 16.5 Å². The van der Waals surface area contributed by atoms with Crippen LogP contribution in [0.3, 0.4) is 0 Å². The molecular weight excluding hydrogens is 379 g/mol. The number of carbonyl (C=O) groups is 2. The smallest absolute Gasteiger partial charge is 0.308 e. The Kier molecular flexibility index (Phi) is 6.18. The molecule has 2 rings (SSSR count). The number of imide groups is 1. The largest absolute Gasteiger partial charge is 0.326 e. The summed E-state index contributed by atoms with van der Waals surface area (Å²) in [6, 6.07) is 8.86. The van der Waals surface area contributed by atoms with E-state index in [9.17, 15) is 9.59 Å². The van der Waals surface area contributed by atoms with E-state index in [0.29, 0.717) is 16.5 Å². The number of hydrogen-bond acceptors (Lipinski definition) is 3. The molecule has 0 saturated heterocycles. The third-order valence-corrected chi connectivity index (χ3v) is 4.22. The Morgan fingerprint density at radius 1 is 1.00 bits per heavy atom. The molecule has 120 valence electrons. The quantitative estimate of drug-likeness (QED) is 0.644. The molecule has 0 saturated carbocycles. The summed E-state index contributed by atoms with van der Waals surface area (Å²) in [7, 11) is 0. The molecule has 0 heterocycles. The predicted octanol–water partition coefficient (Wildman–Crippen LogP) is 5.04. The summed E-state index contributed by atoms with van der Waals surface area (Å²) in [5.74, 6) is -0.217. The number of hydrogen-bond donors (Lipinski definition) is 3. The van der Waals surface area contributed by atoms with Crippen LogP contribution in [0.4, 0.5) is 10.5 Å². The number of carbonyl (C=O) groups excluding carboxylic acids is 2.